The molecule has 0 radical (unpaired) electrons. The fourth-order valence-corrected chi connectivity index (χ4v) is 3.88. The Bertz CT molecular complexity index is 1100. The summed E-state index contributed by atoms with van der Waals surface area (Å²) < 4.78 is 19.6. The zero-order valence-electron chi connectivity index (χ0n) is 16.1. The minimum absolute atomic E-state index is 0.0322. The molecule has 0 bridgehead atoms. The van der Waals surface area contributed by atoms with Crippen LogP contribution in [0.3, 0.4) is 0 Å². The van der Waals surface area contributed by atoms with E-state index in [0.717, 1.165) is 11.3 Å². The van der Waals surface area contributed by atoms with Gasteiger partial charge in [0.1, 0.15) is 11.6 Å². The van der Waals surface area contributed by atoms with Gasteiger partial charge in [-0.15, -0.1) is 0 Å². The van der Waals surface area contributed by atoms with Gasteiger partial charge in [0.05, 0.1) is 28.5 Å². The fourth-order valence-electron chi connectivity index (χ4n) is 3.42. The van der Waals surface area contributed by atoms with E-state index >= 15 is 0 Å². The molecule has 3 N–H and O–H groups in total. The van der Waals surface area contributed by atoms with Crippen molar-refractivity contribution in [3.8, 4) is 17.2 Å². The molecule has 0 aromatic heterocycles. The number of rotatable bonds is 5. The molecule has 0 aliphatic carbocycles. The van der Waals surface area contributed by atoms with Crippen molar-refractivity contribution in [3.05, 3.63) is 88.2 Å². The van der Waals surface area contributed by atoms with E-state index < -0.39 is 0 Å². The van der Waals surface area contributed by atoms with Crippen LogP contribution in [-0.4, -0.2) is 16.8 Å². The van der Waals surface area contributed by atoms with E-state index in [-0.39, 0.29) is 23.4 Å². The number of phenols is 2. The summed E-state index contributed by atoms with van der Waals surface area (Å²) in [4.78, 5) is 0. The lowest BCUT2D eigenvalue weighted by Gasteiger charge is -2.28. The molecule has 0 amide bonds. The molecule has 0 saturated heterocycles. The highest BCUT2D eigenvalue weighted by Crippen LogP contribution is 2.42. The molecule has 1 atom stereocenters. The number of aromatic hydroxyl groups is 2. The summed E-state index contributed by atoms with van der Waals surface area (Å²) >= 11 is 3.39. The molecule has 3 aromatic rings. The third-order valence-electron chi connectivity index (χ3n) is 4.83. The SMILES string of the molecule is CCOc1cc(C2C=C(c3ccccc3O)NN2c2ccc(F)cc2)cc(Br)c1O. The quantitative estimate of drug-likeness (QED) is 0.459. The van der Waals surface area contributed by atoms with Crippen LogP contribution in [0.2, 0.25) is 0 Å². The predicted octanol–water partition coefficient (Wildman–Crippen LogP) is 5.51. The molecule has 1 unspecified atom stereocenters. The Morgan fingerprint density at radius 2 is 1.83 bits per heavy atom. The first-order chi connectivity index (χ1) is 14.5. The van der Waals surface area contributed by atoms with Gasteiger partial charge in [0.15, 0.2) is 11.5 Å². The number of para-hydroxylation sites is 1. The molecular formula is C23H20BrFN2O3. The lowest BCUT2D eigenvalue weighted by molar-refractivity contribution is 0.316. The maximum atomic E-state index is 13.5. The van der Waals surface area contributed by atoms with E-state index in [1.165, 1.54) is 12.1 Å². The summed E-state index contributed by atoms with van der Waals surface area (Å²) in [6.07, 6.45) is 1.97. The van der Waals surface area contributed by atoms with E-state index in [2.05, 4.69) is 21.4 Å². The maximum absolute atomic E-state index is 13.5. The number of ether oxygens (including phenoxy) is 1. The van der Waals surface area contributed by atoms with Crippen molar-refractivity contribution in [1.82, 2.24) is 5.43 Å². The molecule has 4 rings (SSSR count). The Morgan fingerprint density at radius 3 is 2.53 bits per heavy atom. The number of nitrogens with zero attached hydrogens (tertiary/aromatic N) is 1. The lowest BCUT2D eigenvalue weighted by Crippen LogP contribution is -2.34. The Hall–Kier alpha value is -3.19. The number of hydrogen-bond acceptors (Lipinski definition) is 5. The Balaban J connectivity index is 1.82. The second-order valence-corrected chi connectivity index (χ2v) is 7.64. The molecule has 0 saturated carbocycles. The van der Waals surface area contributed by atoms with Gasteiger partial charge in [-0.1, -0.05) is 12.1 Å². The highest BCUT2D eigenvalue weighted by molar-refractivity contribution is 9.10. The first kappa shape index (κ1) is 20.1. The molecule has 0 spiro atoms. The molecule has 1 aliphatic heterocycles. The molecule has 0 fully saturated rings. The van der Waals surface area contributed by atoms with Gasteiger partial charge < -0.3 is 14.9 Å². The van der Waals surface area contributed by atoms with Gasteiger partial charge in [-0.2, -0.15) is 0 Å². The molecular weight excluding hydrogens is 451 g/mol. The van der Waals surface area contributed by atoms with Crippen molar-refractivity contribution >= 4 is 27.3 Å². The van der Waals surface area contributed by atoms with Crippen molar-refractivity contribution in [2.45, 2.75) is 13.0 Å². The van der Waals surface area contributed by atoms with Crippen molar-refractivity contribution in [3.63, 3.8) is 0 Å². The molecule has 154 valence electrons. The standard InChI is InChI=1S/C23H20BrFN2O3/c1-2-30-22-12-14(11-18(24)23(22)29)20-13-19(17-5-3-4-6-21(17)28)26-27(20)16-9-7-15(25)8-10-16/h3-13,20,26,28-29H,2H2,1H3. The molecule has 1 heterocycles. The molecule has 1 aliphatic rings. The van der Waals surface area contributed by atoms with Crippen LogP contribution in [0.1, 0.15) is 24.1 Å². The zero-order chi connectivity index (χ0) is 21.3. The Labute approximate surface area is 182 Å². The van der Waals surface area contributed by atoms with Crippen molar-refractivity contribution < 1.29 is 19.3 Å². The molecule has 5 nitrogen and oxygen atoms in total. The highest BCUT2D eigenvalue weighted by Gasteiger charge is 2.29. The number of nitrogens with one attached hydrogen (secondary N) is 1. The van der Waals surface area contributed by atoms with Crippen molar-refractivity contribution in [2.24, 2.45) is 0 Å². The summed E-state index contributed by atoms with van der Waals surface area (Å²) in [6, 6.07) is 16.5. The number of hydrazine groups is 1. The fraction of sp³-hybridized carbons (Fsp3) is 0.130. The molecule has 3 aromatic carbocycles. The first-order valence-corrected chi connectivity index (χ1v) is 10.2. The number of halogens is 2. The Morgan fingerprint density at radius 1 is 1.10 bits per heavy atom. The van der Waals surface area contributed by atoms with Crippen LogP contribution in [0.25, 0.3) is 5.70 Å². The van der Waals surface area contributed by atoms with Gasteiger partial charge >= 0.3 is 0 Å². The van der Waals surface area contributed by atoms with Gasteiger partial charge in [0.25, 0.3) is 0 Å². The highest BCUT2D eigenvalue weighted by atomic mass is 79.9. The van der Waals surface area contributed by atoms with Gasteiger partial charge in [-0.25, -0.2) is 4.39 Å². The summed E-state index contributed by atoms with van der Waals surface area (Å²) in [5.74, 6) is 0.224. The first-order valence-electron chi connectivity index (χ1n) is 9.44. The maximum Gasteiger partial charge on any atom is 0.172 e. The van der Waals surface area contributed by atoms with E-state index in [1.807, 2.05) is 36.2 Å². The van der Waals surface area contributed by atoms with Gasteiger partial charge in [-0.05, 0) is 83.0 Å². The monoisotopic (exact) mass is 470 g/mol. The van der Waals surface area contributed by atoms with Crippen molar-refractivity contribution in [1.29, 1.82) is 0 Å². The summed E-state index contributed by atoms with van der Waals surface area (Å²) in [5, 5.41) is 22.5. The summed E-state index contributed by atoms with van der Waals surface area (Å²) in [5.41, 5.74) is 6.25. The van der Waals surface area contributed by atoms with Gasteiger partial charge in [-0.3, -0.25) is 10.4 Å². The average molecular weight is 471 g/mol. The van der Waals surface area contributed by atoms with E-state index in [4.69, 9.17) is 4.74 Å². The van der Waals surface area contributed by atoms with Crippen LogP contribution >= 0.6 is 15.9 Å². The normalized spacial score (nSPS) is 15.6. The van der Waals surface area contributed by atoms with Crippen molar-refractivity contribution in [2.75, 3.05) is 11.6 Å². The Kier molecular flexibility index (Phi) is 5.55. The van der Waals surface area contributed by atoms with Crippen LogP contribution in [0, 0.1) is 5.82 Å². The average Bonchev–Trinajstić information content (AvgIpc) is 3.17. The van der Waals surface area contributed by atoms with Crippen LogP contribution in [-0.2, 0) is 0 Å². The third kappa shape index (κ3) is 3.80. The van der Waals surface area contributed by atoms with E-state index in [0.29, 0.717) is 28.1 Å². The second kappa shape index (κ2) is 8.28. The third-order valence-corrected chi connectivity index (χ3v) is 5.44. The minimum Gasteiger partial charge on any atom is -0.507 e. The second-order valence-electron chi connectivity index (χ2n) is 6.78. The largest absolute Gasteiger partial charge is 0.507 e. The smallest absolute Gasteiger partial charge is 0.172 e. The number of hydrogen-bond donors (Lipinski definition) is 3. The van der Waals surface area contributed by atoms with E-state index in [9.17, 15) is 14.6 Å². The van der Waals surface area contributed by atoms with Crippen LogP contribution in [0.5, 0.6) is 17.2 Å². The summed E-state index contributed by atoms with van der Waals surface area (Å²) in [7, 11) is 0. The number of anilines is 1. The minimum atomic E-state index is -0.325. The van der Waals surface area contributed by atoms with Crippen LogP contribution in [0.4, 0.5) is 10.1 Å². The number of benzene rings is 3. The van der Waals surface area contributed by atoms with Gasteiger partial charge in [0.2, 0.25) is 0 Å². The zero-order valence-corrected chi connectivity index (χ0v) is 17.7. The lowest BCUT2D eigenvalue weighted by atomic mass is 10.0. The predicted molar refractivity (Wildman–Crippen MR) is 118 cm³/mol. The number of phenolic OH excluding ortho intramolecular Hbond substituents is 2. The van der Waals surface area contributed by atoms with E-state index in [1.54, 1.807) is 30.3 Å². The molecule has 7 heteroatoms. The topological polar surface area (TPSA) is 65.0 Å². The van der Waals surface area contributed by atoms with Crippen LogP contribution in [0.15, 0.2) is 71.2 Å². The molecule has 30 heavy (non-hydrogen) atoms. The van der Waals surface area contributed by atoms with Crippen LogP contribution < -0.4 is 15.2 Å². The van der Waals surface area contributed by atoms with Gasteiger partial charge in [0, 0.05) is 5.56 Å². The summed E-state index contributed by atoms with van der Waals surface area (Å²) in [6.45, 7) is 2.26.